The van der Waals surface area contributed by atoms with Crippen LogP contribution in [0.1, 0.15) is 48.5 Å². The van der Waals surface area contributed by atoms with Crippen LogP contribution >= 0.6 is 22.9 Å². The number of furan rings is 1. The number of carbonyl (C=O) groups is 2. The van der Waals surface area contributed by atoms with Gasteiger partial charge >= 0.3 is 11.9 Å². The molecular weight excluding hydrogens is 568 g/mol. The first-order chi connectivity index (χ1) is 19.6. The summed E-state index contributed by atoms with van der Waals surface area (Å²) in [5, 5.41) is 9.66. The van der Waals surface area contributed by atoms with Crippen molar-refractivity contribution >= 4 is 41.0 Å². The molecule has 1 N–H and O–H groups in total. The van der Waals surface area contributed by atoms with Crippen LogP contribution in [0.15, 0.2) is 80.1 Å². The SMILES string of the molecule is COc1ccc([C@@H]2C(C(=O)OC(C)C)=C(C)N=c3s/c(=C\c4ccc(-c5cc(C(=O)O)ccc5Cl)o4)c(=O)n32)cc1. The Morgan fingerprint density at radius 2 is 1.88 bits per heavy atom. The fourth-order valence-electron chi connectivity index (χ4n) is 4.51. The van der Waals surface area contributed by atoms with Gasteiger partial charge in [-0.1, -0.05) is 35.1 Å². The summed E-state index contributed by atoms with van der Waals surface area (Å²) in [6, 6.07) is 14.0. The van der Waals surface area contributed by atoms with E-state index >= 15 is 0 Å². The van der Waals surface area contributed by atoms with Crippen LogP contribution in [0.3, 0.4) is 0 Å². The lowest BCUT2D eigenvalue weighted by atomic mass is 9.96. The fourth-order valence-corrected chi connectivity index (χ4v) is 5.75. The highest BCUT2D eigenvalue weighted by Gasteiger charge is 2.33. The van der Waals surface area contributed by atoms with Crippen LogP contribution < -0.4 is 19.6 Å². The predicted octanol–water partition coefficient (Wildman–Crippen LogP) is 4.81. The Labute approximate surface area is 243 Å². The molecule has 11 heteroatoms. The van der Waals surface area contributed by atoms with Crippen molar-refractivity contribution in [1.82, 2.24) is 4.57 Å². The van der Waals surface area contributed by atoms with Crippen molar-refractivity contribution in [3.63, 3.8) is 0 Å². The van der Waals surface area contributed by atoms with E-state index in [1.165, 1.54) is 22.8 Å². The van der Waals surface area contributed by atoms with Gasteiger partial charge < -0.3 is 19.0 Å². The standard InChI is InChI=1S/C30H25ClN2O7S/c1-15(2)39-29(37)25-16(3)32-30-33(26(25)17-5-8-19(38-4)9-6-17)27(34)24(41-30)14-20-10-12-23(40-20)21-13-18(28(35)36)7-11-22(21)31/h5-15,26H,1-4H3,(H,35,36)/b24-14-/t26-/m1/s1. The van der Waals surface area contributed by atoms with Crippen LogP contribution in [0.25, 0.3) is 17.4 Å². The van der Waals surface area contributed by atoms with Crippen molar-refractivity contribution in [2.45, 2.75) is 32.9 Å². The molecule has 0 aliphatic carbocycles. The number of benzene rings is 2. The Kier molecular flexibility index (Phi) is 7.70. The molecule has 41 heavy (non-hydrogen) atoms. The molecule has 5 rings (SSSR count). The Bertz CT molecular complexity index is 1880. The summed E-state index contributed by atoms with van der Waals surface area (Å²) in [7, 11) is 1.56. The van der Waals surface area contributed by atoms with Gasteiger partial charge in [0, 0.05) is 11.6 Å². The van der Waals surface area contributed by atoms with Gasteiger partial charge in [-0.15, -0.1) is 0 Å². The number of carboxylic acid groups (broad SMARTS) is 1. The van der Waals surface area contributed by atoms with Crippen molar-refractivity contribution in [2.75, 3.05) is 7.11 Å². The van der Waals surface area contributed by atoms with E-state index in [9.17, 15) is 19.5 Å². The van der Waals surface area contributed by atoms with Crippen molar-refractivity contribution in [2.24, 2.45) is 4.99 Å². The summed E-state index contributed by atoms with van der Waals surface area (Å²) in [5.41, 5.74) is 1.54. The van der Waals surface area contributed by atoms with Crippen molar-refractivity contribution < 1.29 is 28.6 Å². The van der Waals surface area contributed by atoms with Crippen LogP contribution in [-0.2, 0) is 9.53 Å². The molecule has 0 unspecified atom stereocenters. The monoisotopic (exact) mass is 592 g/mol. The number of esters is 1. The third-order valence-corrected chi connectivity index (χ3v) is 7.71. The highest BCUT2D eigenvalue weighted by molar-refractivity contribution is 7.07. The largest absolute Gasteiger partial charge is 0.497 e. The summed E-state index contributed by atoms with van der Waals surface area (Å²) >= 11 is 7.46. The van der Waals surface area contributed by atoms with E-state index in [4.69, 9.17) is 25.5 Å². The predicted molar refractivity (Wildman–Crippen MR) is 154 cm³/mol. The zero-order chi connectivity index (χ0) is 29.4. The Hall–Kier alpha value is -4.41. The first-order valence-electron chi connectivity index (χ1n) is 12.6. The summed E-state index contributed by atoms with van der Waals surface area (Å²) in [6.45, 7) is 5.24. The lowest BCUT2D eigenvalue weighted by Gasteiger charge is -2.25. The van der Waals surface area contributed by atoms with Gasteiger partial charge in [-0.25, -0.2) is 14.6 Å². The van der Waals surface area contributed by atoms with E-state index < -0.39 is 18.0 Å². The number of methoxy groups -OCH3 is 1. The Balaban J connectivity index is 1.62. The molecule has 2 aromatic heterocycles. The third-order valence-electron chi connectivity index (χ3n) is 6.39. The van der Waals surface area contributed by atoms with Gasteiger partial charge in [0.1, 0.15) is 17.3 Å². The van der Waals surface area contributed by atoms with E-state index in [1.54, 1.807) is 70.4 Å². The molecule has 0 saturated carbocycles. The molecule has 0 saturated heterocycles. The molecule has 0 fully saturated rings. The number of fused-ring (bicyclic) bond motifs is 1. The molecule has 0 radical (unpaired) electrons. The molecule has 4 aromatic rings. The number of nitrogens with zero attached hydrogens (tertiary/aromatic N) is 2. The van der Waals surface area contributed by atoms with Gasteiger partial charge in [0.25, 0.3) is 5.56 Å². The first-order valence-corrected chi connectivity index (χ1v) is 13.8. The first kappa shape index (κ1) is 28.1. The lowest BCUT2D eigenvalue weighted by molar-refractivity contribution is -0.143. The van der Waals surface area contributed by atoms with Crippen LogP contribution in [0.5, 0.6) is 5.75 Å². The Morgan fingerprint density at radius 3 is 2.54 bits per heavy atom. The van der Waals surface area contributed by atoms with Crippen molar-refractivity contribution in [3.05, 3.63) is 107 Å². The number of aromatic carboxylic acids is 1. The Morgan fingerprint density at radius 1 is 1.15 bits per heavy atom. The van der Waals surface area contributed by atoms with E-state index in [1.807, 2.05) is 0 Å². The second kappa shape index (κ2) is 11.2. The quantitative estimate of drug-likeness (QED) is 0.306. The normalized spacial score (nSPS) is 15.1. The number of allylic oxidation sites excluding steroid dienone is 1. The van der Waals surface area contributed by atoms with Gasteiger partial charge in [0.05, 0.1) is 45.6 Å². The minimum atomic E-state index is -1.09. The number of hydrogen-bond donors (Lipinski definition) is 1. The van der Waals surface area contributed by atoms with E-state index in [-0.39, 0.29) is 22.8 Å². The van der Waals surface area contributed by atoms with Gasteiger partial charge in [0.2, 0.25) is 0 Å². The molecule has 0 bridgehead atoms. The molecule has 0 spiro atoms. The molecule has 3 heterocycles. The number of ether oxygens (including phenoxy) is 2. The third kappa shape index (κ3) is 5.48. The number of carboxylic acids is 1. The molecule has 1 atom stereocenters. The number of aromatic nitrogens is 1. The topological polar surface area (TPSA) is 120 Å². The molecule has 9 nitrogen and oxygen atoms in total. The van der Waals surface area contributed by atoms with E-state index in [0.717, 1.165) is 11.3 Å². The number of rotatable bonds is 7. The highest BCUT2D eigenvalue weighted by Crippen LogP contribution is 2.33. The summed E-state index contributed by atoms with van der Waals surface area (Å²) < 4.78 is 18.6. The molecule has 2 aromatic carbocycles. The lowest BCUT2D eigenvalue weighted by Crippen LogP contribution is -2.40. The van der Waals surface area contributed by atoms with E-state index in [2.05, 4.69) is 4.99 Å². The molecule has 210 valence electrons. The number of hydrogen-bond acceptors (Lipinski definition) is 8. The number of halogens is 1. The van der Waals surface area contributed by atoms with Crippen LogP contribution in [0.2, 0.25) is 5.02 Å². The van der Waals surface area contributed by atoms with Gasteiger partial charge in [-0.05, 0) is 68.8 Å². The van der Waals surface area contributed by atoms with Crippen LogP contribution in [-0.4, -0.2) is 34.8 Å². The van der Waals surface area contributed by atoms with E-state index in [0.29, 0.717) is 48.5 Å². The van der Waals surface area contributed by atoms with Crippen LogP contribution in [0.4, 0.5) is 0 Å². The maximum Gasteiger partial charge on any atom is 0.338 e. The van der Waals surface area contributed by atoms with Crippen LogP contribution in [0, 0.1) is 0 Å². The number of carbonyl (C=O) groups excluding carboxylic acids is 1. The van der Waals surface area contributed by atoms with Gasteiger partial charge in [-0.3, -0.25) is 9.36 Å². The molecule has 1 aliphatic rings. The fraction of sp³-hybridized carbons (Fsp3) is 0.200. The van der Waals surface area contributed by atoms with Crippen molar-refractivity contribution in [3.8, 4) is 17.1 Å². The zero-order valence-electron chi connectivity index (χ0n) is 22.5. The summed E-state index contributed by atoms with van der Waals surface area (Å²) in [6.07, 6.45) is 1.22. The molecular formula is C30H25ClN2O7S. The smallest absolute Gasteiger partial charge is 0.338 e. The minimum Gasteiger partial charge on any atom is -0.497 e. The second-order valence-electron chi connectivity index (χ2n) is 9.51. The molecule has 0 amide bonds. The highest BCUT2D eigenvalue weighted by atomic mass is 35.5. The maximum absolute atomic E-state index is 13.8. The average molecular weight is 593 g/mol. The van der Waals surface area contributed by atoms with Crippen molar-refractivity contribution in [1.29, 1.82) is 0 Å². The summed E-state index contributed by atoms with van der Waals surface area (Å²) in [5.74, 6) is -0.293. The maximum atomic E-state index is 13.8. The average Bonchev–Trinajstić information content (AvgIpc) is 3.51. The second-order valence-corrected chi connectivity index (χ2v) is 10.9. The minimum absolute atomic E-state index is 0.0661. The summed E-state index contributed by atoms with van der Waals surface area (Å²) in [4.78, 5) is 43.5. The van der Waals surface area contributed by atoms with Gasteiger partial charge in [0.15, 0.2) is 4.80 Å². The zero-order valence-corrected chi connectivity index (χ0v) is 24.1. The van der Waals surface area contributed by atoms with Gasteiger partial charge in [-0.2, -0.15) is 0 Å². The number of thiazole rings is 1. The molecule has 1 aliphatic heterocycles.